The zero-order valence-electron chi connectivity index (χ0n) is 15.2. The van der Waals surface area contributed by atoms with E-state index in [1.165, 1.54) is 0 Å². The van der Waals surface area contributed by atoms with Crippen molar-refractivity contribution in [1.29, 1.82) is 0 Å². The smallest absolute Gasteiger partial charge is 0.374 e. The second-order valence-electron chi connectivity index (χ2n) is 6.51. The summed E-state index contributed by atoms with van der Waals surface area (Å²) in [5, 5.41) is 1.24. The van der Waals surface area contributed by atoms with E-state index in [0.29, 0.717) is 22.5 Å². The summed E-state index contributed by atoms with van der Waals surface area (Å²) in [5.41, 5.74) is 2.40. The Balaban J connectivity index is 1.45. The molecule has 0 radical (unpaired) electrons. The Bertz CT molecular complexity index is 1060. The van der Waals surface area contributed by atoms with E-state index >= 15 is 0 Å². The number of ether oxygens (including phenoxy) is 2. The molecule has 6 nitrogen and oxygen atoms in total. The molecule has 7 heteroatoms. The van der Waals surface area contributed by atoms with E-state index in [1.54, 1.807) is 36.3 Å². The van der Waals surface area contributed by atoms with Crippen LogP contribution in [-0.4, -0.2) is 32.1 Å². The fourth-order valence-corrected chi connectivity index (χ4v) is 3.53. The molecule has 0 saturated carbocycles. The molecular formula is C21H18ClNO5. The number of anilines is 1. The van der Waals surface area contributed by atoms with Crippen molar-refractivity contribution in [2.75, 3.05) is 25.2 Å². The van der Waals surface area contributed by atoms with Crippen LogP contribution in [0.1, 0.15) is 22.5 Å². The lowest BCUT2D eigenvalue weighted by atomic mass is 10.0. The summed E-state index contributed by atoms with van der Waals surface area (Å²) in [4.78, 5) is 26.6. The maximum atomic E-state index is 12.6. The maximum absolute atomic E-state index is 12.6. The Kier molecular flexibility index (Phi) is 4.96. The number of furan rings is 1. The molecule has 3 aromatic rings. The summed E-state index contributed by atoms with van der Waals surface area (Å²) >= 11 is 5.94. The second kappa shape index (κ2) is 7.56. The number of hydrogen-bond donors (Lipinski definition) is 0. The summed E-state index contributed by atoms with van der Waals surface area (Å²) in [7, 11) is 1.61. The molecule has 1 aliphatic heterocycles. The third kappa shape index (κ3) is 3.55. The molecule has 0 saturated heterocycles. The van der Waals surface area contributed by atoms with Crippen molar-refractivity contribution in [2.45, 2.75) is 12.8 Å². The van der Waals surface area contributed by atoms with E-state index in [0.717, 1.165) is 29.8 Å². The molecule has 0 spiro atoms. The normalized spacial score (nSPS) is 13.3. The van der Waals surface area contributed by atoms with Crippen LogP contribution in [0.5, 0.6) is 5.75 Å². The molecular weight excluding hydrogens is 382 g/mol. The third-order valence-electron chi connectivity index (χ3n) is 4.71. The monoisotopic (exact) mass is 399 g/mol. The molecule has 0 N–H and O–H groups in total. The van der Waals surface area contributed by atoms with Gasteiger partial charge < -0.3 is 18.8 Å². The number of aryl methyl sites for hydroxylation is 1. The van der Waals surface area contributed by atoms with Crippen molar-refractivity contribution in [3.05, 3.63) is 58.8 Å². The summed E-state index contributed by atoms with van der Waals surface area (Å²) in [5.74, 6) is -0.176. The highest BCUT2D eigenvalue weighted by Gasteiger charge is 2.24. The summed E-state index contributed by atoms with van der Waals surface area (Å²) in [6, 6.07) is 12.2. The lowest BCUT2D eigenvalue weighted by molar-refractivity contribution is -0.121. The van der Waals surface area contributed by atoms with Gasteiger partial charge in [-0.2, -0.15) is 0 Å². The van der Waals surface area contributed by atoms with Gasteiger partial charge in [-0.3, -0.25) is 4.79 Å². The minimum atomic E-state index is -0.687. The van der Waals surface area contributed by atoms with Crippen LogP contribution in [0.2, 0.25) is 5.02 Å². The van der Waals surface area contributed by atoms with Gasteiger partial charge in [-0.15, -0.1) is 0 Å². The Morgan fingerprint density at radius 1 is 1.18 bits per heavy atom. The molecule has 4 rings (SSSR count). The highest BCUT2D eigenvalue weighted by Crippen LogP contribution is 2.30. The first-order valence-corrected chi connectivity index (χ1v) is 9.26. The van der Waals surface area contributed by atoms with Gasteiger partial charge in [0.15, 0.2) is 6.61 Å². The van der Waals surface area contributed by atoms with Crippen molar-refractivity contribution < 1.29 is 23.5 Å². The Labute approximate surface area is 166 Å². The zero-order valence-corrected chi connectivity index (χ0v) is 16.0. The van der Waals surface area contributed by atoms with E-state index in [9.17, 15) is 9.59 Å². The van der Waals surface area contributed by atoms with E-state index in [1.807, 2.05) is 18.2 Å². The largest absolute Gasteiger partial charge is 0.497 e. The number of carbonyl (C=O) groups excluding carboxylic acids is 2. The summed E-state index contributed by atoms with van der Waals surface area (Å²) < 4.78 is 15.9. The van der Waals surface area contributed by atoms with Crippen molar-refractivity contribution in [1.82, 2.24) is 0 Å². The van der Waals surface area contributed by atoms with Crippen LogP contribution >= 0.6 is 11.6 Å². The molecule has 0 atom stereocenters. The van der Waals surface area contributed by atoms with E-state index in [-0.39, 0.29) is 18.3 Å². The Morgan fingerprint density at radius 2 is 2.04 bits per heavy atom. The van der Waals surface area contributed by atoms with Gasteiger partial charge in [0.1, 0.15) is 11.3 Å². The van der Waals surface area contributed by atoms with Gasteiger partial charge in [-0.05, 0) is 60.9 Å². The number of rotatable bonds is 4. The molecule has 0 aliphatic carbocycles. The maximum Gasteiger partial charge on any atom is 0.374 e. The standard InChI is InChI=1S/C21H18ClNO5/c1-26-16-5-6-17-13(10-16)3-2-8-23(17)20(24)12-27-21(25)19-11-14-9-15(22)4-7-18(14)28-19/h4-7,9-11H,2-3,8,12H2,1H3. The van der Waals surface area contributed by atoms with Gasteiger partial charge in [-0.25, -0.2) is 4.79 Å². The predicted octanol–water partition coefficient (Wildman–Crippen LogP) is 4.23. The molecule has 1 aliphatic rings. The number of benzene rings is 2. The van der Waals surface area contributed by atoms with Gasteiger partial charge in [0.05, 0.1) is 7.11 Å². The Hall–Kier alpha value is -2.99. The molecule has 0 fully saturated rings. The van der Waals surface area contributed by atoms with Crippen molar-refractivity contribution in [3.8, 4) is 5.75 Å². The van der Waals surface area contributed by atoms with Crippen molar-refractivity contribution in [2.24, 2.45) is 0 Å². The molecule has 0 bridgehead atoms. The van der Waals surface area contributed by atoms with Crippen LogP contribution in [0.25, 0.3) is 11.0 Å². The SMILES string of the molecule is COc1ccc2c(c1)CCCN2C(=O)COC(=O)c1cc2cc(Cl)ccc2o1. The molecule has 2 heterocycles. The first-order valence-electron chi connectivity index (χ1n) is 8.88. The molecule has 1 aromatic heterocycles. The average molecular weight is 400 g/mol. The summed E-state index contributed by atoms with van der Waals surface area (Å²) in [6.07, 6.45) is 1.71. The first kappa shape index (κ1) is 18.4. The lowest BCUT2D eigenvalue weighted by Gasteiger charge is -2.29. The number of hydrogen-bond acceptors (Lipinski definition) is 5. The highest BCUT2D eigenvalue weighted by molar-refractivity contribution is 6.31. The number of carbonyl (C=O) groups is 2. The zero-order chi connectivity index (χ0) is 19.7. The van der Waals surface area contributed by atoms with Gasteiger partial charge >= 0.3 is 5.97 Å². The predicted molar refractivity (Wildman–Crippen MR) is 105 cm³/mol. The van der Waals surface area contributed by atoms with E-state index in [4.69, 9.17) is 25.5 Å². The number of fused-ring (bicyclic) bond motifs is 2. The topological polar surface area (TPSA) is 69.0 Å². The number of halogens is 1. The van der Waals surface area contributed by atoms with Crippen LogP contribution in [0.4, 0.5) is 5.69 Å². The Morgan fingerprint density at radius 3 is 2.86 bits per heavy atom. The van der Waals surface area contributed by atoms with Crippen LogP contribution in [0.15, 0.2) is 46.9 Å². The third-order valence-corrected chi connectivity index (χ3v) is 4.95. The van der Waals surface area contributed by atoms with Crippen LogP contribution in [0, 0.1) is 0 Å². The minimum Gasteiger partial charge on any atom is -0.497 e. The minimum absolute atomic E-state index is 0.0360. The van der Waals surface area contributed by atoms with Crippen molar-refractivity contribution in [3.63, 3.8) is 0 Å². The quantitative estimate of drug-likeness (QED) is 0.614. The molecule has 2 aromatic carbocycles. The molecule has 1 amide bonds. The van der Waals surface area contributed by atoms with Gasteiger partial charge in [-0.1, -0.05) is 11.6 Å². The lowest BCUT2D eigenvalue weighted by Crippen LogP contribution is -2.38. The number of methoxy groups -OCH3 is 1. The van der Waals surface area contributed by atoms with Gasteiger partial charge in [0, 0.05) is 22.6 Å². The fraction of sp³-hybridized carbons (Fsp3) is 0.238. The van der Waals surface area contributed by atoms with E-state index in [2.05, 4.69) is 0 Å². The van der Waals surface area contributed by atoms with Gasteiger partial charge in [0.2, 0.25) is 5.76 Å². The van der Waals surface area contributed by atoms with Crippen LogP contribution in [0.3, 0.4) is 0 Å². The first-order chi connectivity index (χ1) is 13.5. The number of esters is 1. The fourth-order valence-electron chi connectivity index (χ4n) is 3.35. The second-order valence-corrected chi connectivity index (χ2v) is 6.95. The molecule has 0 unspecified atom stereocenters. The molecule has 28 heavy (non-hydrogen) atoms. The van der Waals surface area contributed by atoms with Crippen LogP contribution in [-0.2, 0) is 16.0 Å². The highest BCUT2D eigenvalue weighted by atomic mass is 35.5. The molecule has 144 valence electrons. The number of amides is 1. The average Bonchev–Trinajstić information content (AvgIpc) is 3.14. The summed E-state index contributed by atoms with van der Waals surface area (Å²) in [6.45, 7) is 0.223. The van der Waals surface area contributed by atoms with E-state index < -0.39 is 5.97 Å². The van der Waals surface area contributed by atoms with Gasteiger partial charge in [0.25, 0.3) is 5.91 Å². The van der Waals surface area contributed by atoms with Crippen LogP contribution < -0.4 is 9.64 Å². The number of nitrogens with zero attached hydrogens (tertiary/aromatic N) is 1. The van der Waals surface area contributed by atoms with Crippen molar-refractivity contribution >= 4 is 40.1 Å².